The fraction of sp³-hybridized carbons (Fsp3) is 0.222. The van der Waals surface area contributed by atoms with Crippen LogP contribution in [0.2, 0.25) is 0 Å². The molecule has 1 N–H and O–H groups in total. The Kier molecular flexibility index (Phi) is 6.25. The molecule has 7 nitrogen and oxygen atoms in total. The van der Waals surface area contributed by atoms with Crippen molar-refractivity contribution in [3.63, 3.8) is 0 Å². The van der Waals surface area contributed by atoms with E-state index in [9.17, 15) is 9.59 Å². The van der Waals surface area contributed by atoms with Gasteiger partial charge in [0.2, 0.25) is 5.13 Å². The van der Waals surface area contributed by atoms with Crippen LogP contribution in [0.4, 0.5) is 5.13 Å². The molecular weight excluding hydrogens is 386 g/mol. The van der Waals surface area contributed by atoms with Crippen molar-refractivity contribution in [1.82, 2.24) is 10.2 Å². The molecule has 0 radical (unpaired) electrons. The molecule has 140 valence electrons. The van der Waals surface area contributed by atoms with Crippen LogP contribution in [0.3, 0.4) is 0 Å². The molecule has 1 heterocycles. The van der Waals surface area contributed by atoms with E-state index in [2.05, 4.69) is 20.3 Å². The van der Waals surface area contributed by atoms with Gasteiger partial charge < -0.3 is 9.47 Å². The number of methoxy groups -OCH3 is 1. The van der Waals surface area contributed by atoms with Gasteiger partial charge in [-0.2, -0.15) is 0 Å². The quantitative estimate of drug-likeness (QED) is 0.367. The number of hydrogen-bond donors (Lipinski definition) is 1. The van der Waals surface area contributed by atoms with Gasteiger partial charge in [-0.1, -0.05) is 53.4 Å². The minimum Gasteiger partial charge on any atom is -0.481 e. The molecule has 0 saturated heterocycles. The van der Waals surface area contributed by atoms with Gasteiger partial charge in [0.05, 0.1) is 12.9 Å². The molecule has 1 atom stereocenters. The zero-order valence-electron chi connectivity index (χ0n) is 14.7. The van der Waals surface area contributed by atoms with Crippen LogP contribution in [-0.2, 0) is 14.3 Å². The highest BCUT2D eigenvalue weighted by Crippen LogP contribution is 2.26. The number of carbonyl (C=O) groups excluding carboxylic acids is 2. The summed E-state index contributed by atoms with van der Waals surface area (Å²) in [5.41, 5.74) is 0. The number of aromatic nitrogens is 2. The zero-order valence-corrected chi connectivity index (χ0v) is 16.3. The van der Waals surface area contributed by atoms with Gasteiger partial charge >= 0.3 is 5.97 Å². The maximum Gasteiger partial charge on any atom is 0.316 e. The lowest BCUT2D eigenvalue weighted by Crippen LogP contribution is -2.30. The maximum atomic E-state index is 12.3. The standard InChI is InChI=1S/C18H17N3O4S2/c1-11(25-14-8-7-12-5-3-4-6-13(12)9-14)16(23)19-17-20-21-18(27-17)26-10-15(22)24-2/h3-9,11H,10H2,1-2H3,(H,19,20,23)/t11-/m1/s1. The highest BCUT2D eigenvalue weighted by atomic mass is 32.2. The van der Waals surface area contributed by atoms with Gasteiger partial charge in [0, 0.05) is 0 Å². The summed E-state index contributed by atoms with van der Waals surface area (Å²) in [6, 6.07) is 13.6. The molecule has 0 saturated carbocycles. The molecule has 0 aliphatic rings. The zero-order chi connectivity index (χ0) is 19.2. The summed E-state index contributed by atoms with van der Waals surface area (Å²) in [7, 11) is 1.32. The second-order valence-electron chi connectivity index (χ2n) is 5.50. The number of rotatable bonds is 7. The van der Waals surface area contributed by atoms with Gasteiger partial charge in [-0.25, -0.2) is 0 Å². The van der Waals surface area contributed by atoms with Gasteiger partial charge in [-0.05, 0) is 29.8 Å². The lowest BCUT2D eigenvalue weighted by Gasteiger charge is -2.14. The first-order valence-corrected chi connectivity index (χ1v) is 9.85. The van der Waals surface area contributed by atoms with Crippen LogP contribution in [0.1, 0.15) is 6.92 Å². The molecule has 0 spiro atoms. The third-order valence-electron chi connectivity index (χ3n) is 3.58. The van der Waals surface area contributed by atoms with Gasteiger partial charge in [0.1, 0.15) is 5.75 Å². The number of anilines is 1. The number of esters is 1. The first-order valence-electron chi connectivity index (χ1n) is 8.04. The highest BCUT2D eigenvalue weighted by Gasteiger charge is 2.17. The molecule has 2 aromatic carbocycles. The predicted octanol–water partition coefficient (Wildman–Crippen LogP) is 3.36. The van der Waals surface area contributed by atoms with Crippen LogP contribution in [0.15, 0.2) is 46.8 Å². The van der Waals surface area contributed by atoms with Crippen molar-refractivity contribution in [3.05, 3.63) is 42.5 Å². The molecular formula is C18H17N3O4S2. The average molecular weight is 403 g/mol. The van der Waals surface area contributed by atoms with Gasteiger partial charge in [-0.3, -0.25) is 14.9 Å². The summed E-state index contributed by atoms with van der Waals surface area (Å²) in [5, 5.41) is 13.0. The normalized spacial score (nSPS) is 11.8. The Labute approximate surface area is 164 Å². The van der Waals surface area contributed by atoms with Crippen LogP contribution in [0.5, 0.6) is 5.75 Å². The van der Waals surface area contributed by atoms with E-state index in [0.717, 1.165) is 10.8 Å². The van der Waals surface area contributed by atoms with Gasteiger partial charge in [0.25, 0.3) is 5.91 Å². The molecule has 0 fully saturated rings. The largest absolute Gasteiger partial charge is 0.481 e. The Balaban J connectivity index is 1.57. The van der Waals surface area contributed by atoms with E-state index in [4.69, 9.17) is 4.74 Å². The number of nitrogens with one attached hydrogen (secondary N) is 1. The summed E-state index contributed by atoms with van der Waals surface area (Å²) in [4.78, 5) is 23.5. The molecule has 0 aliphatic carbocycles. The number of nitrogens with zero attached hydrogens (tertiary/aromatic N) is 2. The minimum absolute atomic E-state index is 0.139. The summed E-state index contributed by atoms with van der Waals surface area (Å²) >= 11 is 2.39. The SMILES string of the molecule is COC(=O)CSc1nnc(NC(=O)[C@@H](C)Oc2ccc3ccccc3c2)s1. The first kappa shape index (κ1) is 19.1. The molecule has 27 heavy (non-hydrogen) atoms. The molecule has 3 aromatic rings. The minimum atomic E-state index is -0.707. The Bertz CT molecular complexity index is 960. The van der Waals surface area contributed by atoms with Crippen molar-refractivity contribution in [2.75, 3.05) is 18.2 Å². The van der Waals surface area contributed by atoms with E-state index in [1.165, 1.54) is 30.2 Å². The number of thioether (sulfide) groups is 1. The Hall–Kier alpha value is -2.65. The van der Waals surface area contributed by atoms with Crippen molar-refractivity contribution in [3.8, 4) is 5.75 Å². The lowest BCUT2D eigenvalue weighted by molar-refractivity contribution is -0.137. The van der Waals surface area contributed by atoms with Crippen LogP contribution in [-0.4, -0.2) is 41.0 Å². The Morgan fingerprint density at radius 2 is 1.96 bits per heavy atom. The second kappa shape index (κ2) is 8.83. The van der Waals surface area contributed by atoms with Crippen molar-refractivity contribution in [2.24, 2.45) is 0 Å². The third-order valence-corrected chi connectivity index (χ3v) is 5.53. The first-order chi connectivity index (χ1) is 13.0. The van der Waals surface area contributed by atoms with Crippen molar-refractivity contribution >= 4 is 50.9 Å². The topological polar surface area (TPSA) is 90.4 Å². The Morgan fingerprint density at radius 1 is 1.19 bits per heavy atom. The van der Waals surface area contributed by atoms with E-state index in [0.29, 0.717) is 15.2 Å². The highest BCUT2D eigenvalue weighted by molar-refractivity contribution is 8.01. The van der Waals surface area contributed by atoms with E-state index in [1.807, 2.05) is 42.5 Å². The van der Waals surface area contributed by atoms with E-state index < -0.39 is 6.10 Å². The molecule has 1 aromatic heterocycles. The molecule has 0 bridgehead atoms. The number of ether oxygens (including phenoxy) is 2. The summed E-state index contributed by atoms with van der Waals surface area (Å²) in [5.74, 6) is 0.0746. The summed E-state index contributed by atoms with van der Waals surface area (Å²) < 4.78 is 10.9. The van der Waals surface area contributed by atoms with Crippen molar-refractivity contribution in [1.29, 1.82) is 0 Å². The van der Waals surface area contributed by atoms with Crippen molar-refractivity contribution in [2.45, 2.75) is 17.4 Å². The molecule has 9 heteroatoms. The summed E-state index contributed by atoms with van der Waals surface area (Å²) in [6.07, 6.45) is -0.707. The third kappa shape index (κ3) is 5.18. The average Bonchev–Trinajstić information content (AvgIpc) is 3.13. The second-order valence-corrected chi connectivity index (χ2v) is 7.70. The van der Waals surface area contributed by atoms with Gasteiger partial charge in [0.15, 0.2) is 10.4 Å². The smallest absolute Gasteiger partial charge is 0.316 e. The van der Waals surface area contributed by atoms with Crippen LogP contribution < -0.4 is 10.1 Å². The Morgan fingerprint density at radius 3 is 2.74 bits per heavy atom. The van der Waals surface area contributed by atoms with Gasteiger partial charge in [-0.15, -0.1) is 10.2 Å². The number of carbonyl (C=O) groups is 2. The van der Waals surface area contributed by atoms with E-state index >= 15 is 0 Å². The van der Waals surface area contributed by atoms with Crippen LogP contribution in [0, 0.1) is 0 Å². The van der Waals surface area contributed by atoms with Crippen molar-refractivity contribution < 1.29 is 19.1 Å². The molecule has 3 rings (SSSR count). The molecule has 0 unspecified atom stereocenters. The number of fused-ring (bicyclic) bond motifs is 1. The predicted molar refractivity (Wildman–Crippen MR) is 105 cm³/mol. The molecule has 0 aliphatic heterocycles. The lowest BCUT2D eigenvalue weighted by atomic mass is 10.1. The number of benzene rings is 2. The fourth-order valence-electron chi connectivity index (χ4n) is 2.20. The van der Waals surface area contributed by atoms with E-state index in [1.54, 1.807) is 6.92 Å². The molecule has 1 amide bonds. The van der Waals surface area contributed by atoms with Crippen LogP contribution >= 0.6 is 23.1 Å². The van der Waals surface area contributed by atoms with E-state index in [-0.39, 0.29) is 17.6 Å². The van der Waals surface area contributed by atoms with Crippen LogP contribution in [0.25, 0.3) is 10.8 Å². The number of hydrogen-bond acceptors (Lipinski definition) is 8. The summed E-state index contributed by atoms with van der Waals surface area (Å²) in [6.45, 7) is 1.67. The number of amides is 1. The monoisotopic (exact) mass is 403 g/mol. The fourth-order valence-corrected chi connectivity index (χ4v) is 3.79. The maximum absolute atomic E-state index is 12.3.